The van der Waals surface area contributed by atoms with Crippen LogP contribution in [-0.4, -0.2) is 5.16 Å². The molecule has 0 unspecified atom stereocenters. The Morgan fingerprint density at radius 3 is 3.08 bits per heavy atom. The quantitative estimate of drug-likeness (QED) is 0.697. The Morgan fingerprint density at radius 2 is 2.33 bits per heavy atom. The van der Waals surface area contributed by atoms with E-state index in [4.69, 9.17) is 10.3 Å². The fraction of sp³-hybridized carbons (Fsp3) is 0.125. The first kappa shape index (κ1) is 7.24. The van der Waals surface area contributed by atoms with E-state index in [1.807, 2.05) is 0 Å². The first-order chi connectivity index (χ1) is 5.83. The maximum Gasteiger partial charge on any atom is 0.202 e. The molecule has 2 aromatic rings. The van der Waals surface area contributed by atoms with Gasteiger partial charge in [0.1, 0.15) is 0 Å². The Balaban J connectivity index is 2.78. The minimum Gasteiger partial charge on any atom is -0.353 e. The van der Waals surface area contributed by atoms with Crippen molar-refractivity contribution in [2.75, 3.05) is 0 Å². The molecule has 2 N–H and O–H groups in total. The molecule has 0 aliphatic carbocycles. The molecule has 2 rings (SSSR count). The van der Waals surface area contributed by atoms with Crippen molar-refractivity contribution in [1.82, 2.24) is 5.16 Å². The van der Waals surface area contributed by atoms with Crippen LogP contribution in [0.25, 0.3) is 11.0 Å². The predicted molar refractivity (Wildman–Crippen MR) is 41.9 cm³/mol. The molecule has 0 spiro atoms. The molecule has 0 amide bonds. The van der Waals surface area contributed by atoms with E-state index in [-0.39, 0.29) is 12.1 Å². The molecule has 0 bridgehead atoms. The lowest BCUT2D eigenvalue weighted by Gasteiger charge is -1.97. The van der Waals surface area contributed by atoms with Crippen LogP contribution in [-0.2, 0) is 6.54 Å². The summed E-state index contributed by atoms with van der Waals surface area (Å²) in [4.78, 5) is 0. The van der Waals surface area contributed by atoms with Gasteiger partial charge in [0.15, 0.2) is 5.82 Å². The van der Waals surface area contributed by atoms with Crippen molar-refractivity contribution in [2.45, 2.75) is 6.54 Å². The van der Waals surface area contributed by atoms with E-state index in [1.54, 1.807) is 12.1 Å². The van der Waals surface area contributed by atoms with Gasteiger partial charge in [0.25, 0.3) is 0 Å². The Morgan fingerprint density at radius 1 is 1.50 bits per heavy atom. The highest BCUT2D eigenvalue weighted by atomic mass is 19.1. The first-order valence-electron chi connectivity index (χ1n) is 3.55. The van der Waals surface area contributed by atoms with Crippen molar-refractivity contribution >= 4 is 11.0 Å². The Labute approximate surface area is 67.9 Å². The minimum absolute atomic E-state index is 0.169. The number of hydrogen-bond acceptors (Lipinski definition) is 3. The summed E-state index contributed by atoms with van der Waals surface area (Å²) in [6.45, 7) is 0.169. The van der Waals surface area contributed by atoms with Crippen LogP contribution >= 0.6 is 0 Å². The number of hydrogen-bond donors (Lipinski definition) is 1. The smallest absolute Gasteiger partial charge is 0.202 e. The van der Waals surface area contributed by atoms with Crippen molar-refractivity contribution in [1.29, 1.82) is 0 Å². The van der Waals surface area contributed by atoms with E-state index in [2.05, 4.69) is 5.16 Å². The molecule has 0 aliphatic heterocycles. The van der Waals surface area contributed by atoms with Crippen molar-refractivity contribution in [2.24, 2.45) is 5.73 Å². The van der Waals surface area contributed by atoms with Crippen LogP contribution in [0.5, 0.6) is 0 Å². The second-order valence-electron chi connectivity index (χ2n) is 2.49. The summed E-state index contributed by atoms with van der Waals surface area (Å²) in [5.74, 6) is -0.410. The number of benzene rings is 1. The van der Waals surface area contributed by atoms with Gasteiger partial charge in [0, 0.05) is 17.5 Å². The molecule has 0 saturated carbocycles. The summed E-state index contributed by atoms with van der Waals surface area (Å²) >= 11 is 0. The zero-order valence-corrected chi connectivity index (χ0v) is 6.25. The molecule has 0 radical (unpaired) electrons. The lowest BCUT2D eigenvalue weighted by Crippen LogP contribution is -1.99. The van der Waals surface area contributed by atoms with Crippen LogP contribution in [0, 0.1) is 5.82 Å². The number of fused-ring (bicyclic) bond motifs is 1. The molecule has 4 heteroatoms. The lowest BCUT2D eigenvalue weighted by molar-refractivity contribution is 0.439. The fourth-order valence-electron chi connectivity index (χ4n) is 1.10. The highest BCUT2D eigenvalue weighted by molar-refractivity contribution is 5.77. The largest absolute Gasteiger partial charge is 0.353 e. The van der Waals surface area contributed by atoms with Gasteiger partial charge in [-0.05, 0) is 6.07 Å². The van der Waals surface area contributed by atoms with Crippen LogP contribution in [0.2, 0.25) is 0 Å². The number of rotatable bonds is 1. The normalized spacial score (nSPS) is 10.8. The van der Waals surface area contributed by atoms with Gasteiger partial charge in [0.2, 0.25) is 5.58 Å². The molecule has 1 aromatic heterocycles. The van der Waals surface area contributed by atoms with Gasteiger partial charge >= 0.3 is 0 Å². The SMILES string of the molecule is NCc1ccc2cnoc2c1F. The number of nitrogens with zero attached hydrogens (tertiary/aromatic N) is 1. The van der Waals surface area contributed by atoms with Gasteiger partial charge in [-0.2, -0.15) is 0 Å². The minimum atomic E-state index is -0.410. The van der Waals surface area contributed by atoms with Gasteiger partial charge in [-0.1, -0.05) is 11.2 Å². The zero-order chi connectivity index (χ0) is 8.55. The van der Waals surface area contributed by atoms with Gasteiger partial charge in [-0.15, -0.1) is 0 Å². The molecule has 1 heterocycles. The second-order valence-corrected chi connectivity index (χ2v) is 2.49. The predicted octanol–water partition coefficient (Wildman–Crippen LogP) is 1.43. The molecule has 12 heavy (non-hydrogen) atoms. The topological polar surface area (TPSA) is 52.0 Å². The fourth-order valence-corrected chi connectivity index (χ4v) is 1.10. The molecule has 0 atom stereocenters. The summed E-state index contributed by atoms with van der Waals surface area (Å²) in [6.07, 6.45) is 1.47. The van der Waals surface area contributed by atoms with Crippen LogP contribution < -0.4 is 5.73 Å². The van der Waals surface area contributed by atoms with Crippen molar-refractivity contribution in [3.8, 4) is 0 Å². The van der Waals surface area contributed by atoms with Gasteiger partial charge in [-0.3, -0.25) is 0 Å². The highest BCUT2D eigenvalue weighted by Crippen LogP contribution is 2.19. The lowest BCUT2D eigenvalue weighted by atomic mass is 10.1. The average molecular weight is 166 g/mol. The molecule has 1 aromatic carbocycles. The Hall–Kier alpha value is -1.42. The third-order valence-corrected chi connectivity index (χ3v) is 1.76. The standard InChI is InChI=1S/C8H7FN2O/c9-7-5(3-10)1-2-6-4-11-12-8(6)7/h1-2,4H,3,10H2. The molecule has 0 fully saturated rings. The van der Waals surface area contributed by atoms with Crippen molar-refractivity contribution < 1.29 is 8.91 Å². The summed E-state index contributed by atoms with van der Waals surface area (Å²) in [5, 5.41) is 4.14. The summed E-state index contributed by atoms with van der Waals surface area (Å²) in [5.41, 5.74) is 5.93. The van der Waals surface area contributed by atoms with E-state index >= 15 is 0 Å². The Kier molecular flexibility index (Phi) is 1.55. The number of nitrogens with two attached hydrogens (primary N) is 1. The first-order valence-corrected chi connectivity index (χ1v) is 3.55. The highest BCUT2D eigenvalue weighted by Gasteiger charge is 2.08. The summed E-state index contributed by atoms with van der Waals surface area (Å²) in [7, 11) is 0. The zero-order valence-electron chi connectivity index (χ0n) is 6.25. The average Bonchev–Trinajstić information content (AvgIpc) is 2.53. The van der Waals surface area contributed by atoms with E-state index in [0.29, 0.717) is 10.9 Å². The number of halogens is 1. The van der Waals surface area contributed by atoms with Crippen LogP contribution in [0.3, 0.4) is 0 Å². The van der Waals surface area contributed by atoms with Crippen molar-refractivity contribution in [3.05, 3.63) is 29.7 Å². The molecule has 0 aliphatic rings. The van der Waals surface area contributed by atoms with E-state index in [9.17, 15) is 4.39 Å². The molecular weight excluding hydrogens is 159 g/mol. The Bertz CT molecular complexity index is 410. The second kappa shape index (κ2) is 2.57. The van der Waals surface area contributed by atoms with Crippen LogP contribution in [0.4, 0.5) is 4.39 Å². The van der Waals surface area contributed by atoms with Crippen LogP contribution in [0.15, 0.2) is 22.9 Å². The van der Waals surface area contributed by atoms with Gasteiger partial charge < -0.3 is 10.3 Å². The summed E-state index contributed by atoms with van der Waals surface area (Å²) < 4.78 is 18.0. The maximum absolute atomic E-state index is 13.3. The molecule has 0 saturated heterocycles. The van der Waals surface area contributed by atoms with E-state index < -0.39 is 5.82 Å². The van der Waals surface area contributed by atoms with Gasteiger partial charge in [0.05, 0.1) is 6.20 Å². The third-order valence-electron chi connectivity index (χ3n) is 1.76. The van der Waals surface area contributed by atoms with E-state index in [1.165, 1.54) is 6.20 Å². The maximum atomic E-state index is 13.3. The van der Waals surface area contributed by atoms with Gasteiger partial charge in [-0.25, -0.2) is 4.39 Å². The van der Waals surface area contributed by atoms with Crippen LogP contribution in [0.1, 0.15) is 5.56 Å². The third kappa shape index (κ3) is 0.887. The molecular formula is C8H7FN2O. The summed E-state index contributed by atoms with van der Waals surface area (Å²) in [6, 6.07) is 3.37. The molecule has 62 valence electrons. The monoisotopic (exact) mass is 166 g/mol. The molecule has 3 nitrogen and oxygen atoms in total. The van der Waals surface area contributed by atoms with E-state index in [0.717, 1.165) is 0 Å². The number of aromatic nitrogens is 1. The van der Waals surface area contributed by atoms with Crippen molar-refractivity contribution in [3.63, 3.8) is 0 Å².